The average Bonchev–Trinajstić information content (AvgIpc) is 2.61. The van der Waals surface area contributed by atoms with E-state index in [0.717, 1.165) is 25.1 Å². The van der Waals surface area contributed by atoms with E-state index in [4.69, 9.17) is 5.11 Å². The Hall–Kier alpha value is -1.89. The fourth-order valence-corrected chi connectivity index (χ4v) is 1.93. The van der Waals surface area contributed by atoms with Crippen LogP contribution in [0.1, 0.15) is 6.42 Å². The van der Waals surface area contributed by atoms with E-state index in [1.54, 1.807) is 23.9 Å². The lowest BCUT2D eigenvalue weighted by molar-refractivity contribution is -0.132. The van der Waals surface area contributed by atoms with Crippen LogP contribution in [0.4, 0.5) is 0 Å². The molecule has 1 rings (SSSR count). The second-order valence-corrected chi connectivity index (χ2v) is 4.91. The molecule has 0 saturated carbocycles. The van der Waals surface area contributed by atoms with Crippen molar-refractivity contribution >= 4 is 17.8 Å². The molecule has 0 aromatic heterocycles. The average molecular weight is 283 g/mol. The van der Waals surface area contributed by atoms with Gasteiger partial charge >= 0.3 is 5.97 Å². The van der Waals surface area contributed by atoms with E-state index in [-0.39, 0.29) is 11.8 Å². The number of likely N-dealkylation sites (N-methyl/N-ethyl adjacent to an activating group) is 1. The summed E-state index contributed by atoms with van der Waals surface area (Å²) in [6, 6.07) is 0. The summed E-state index contributed by atoms with van der Waals surface area (Å²) in [5.74, 6) is -1.39. The number of carbonyl (C=O) groups excluding carboxylic acids is 2. The summed E-state index contributed by atoms with van der Waals surface area (Å²) in [6.07, 6.45) is 2.69. The Morgan fingerprint density at radius 1 is 1.10 bits per heavy atom. The van der Waals surface area contributed by atoms with E-state index in [1.807, 2.05) is 4.90 Å². The third-order valence-corrected chi connectivity index (χ3v) is 3.13. The van der Waals surface area contributed by atoms with Crippen molar-refractivity contribution in [2.24, 2.45) is 0 Å². The Morgan fingerprint density at radius 2 is 1.80 bits per heavy atom. The smallest absolute Gasteiger partial charge is 0.328 e. The highest BCUT2D eigenvalue weighted by molar-refractivity contribution is 5.93. The van der Waals surface area contributed by atoms with Crippen molar-refractivity contribution in [2.45, 2.75) is 6.42 Å². The predicted octanol–water partition coefficient (Wildman–Crippen LogP) is -0.750. The molecule has 0 atom stereocenters. The van der Waals surface area contributed by atoms with Gasteiger partial charge in [0.25, 0.3) is 0 Å². The first kappa shape index (κ1) is 16.2. The summed E-state index contributed by atoms with van der Waals surface area (Å²) in [5, 5.41) is 8.50. The highest BCUT2D eigenvalue weighted by Gasteiger charge is 2.19. The lowest BCUT2D eigenvalue weighted by Gasteiger charge is -2.22. The van der Waals surface area contributed by atoms with Crippen LogP contribution in [0.5, 0.6) is 0 Å². The number of nitrogens with zero attached hydrogens (tertiary/aromatic N) is 3. The maximum absolute atomic E-state index is 11.8. The van der Waals surface area contributed by atoms with E-state index in [1.165, 1.54) is 0 Å². The van der Waals surface area contributed by atoms with Crippen LogP contribution in [0, 0.1) is 0 Å². The Bertz CT molecular complexity index is 406. The maximum atomic E-state index is 11.8. The van der Waals surface area contributed by atoms with Gasteiger partial charge in [0.15, 0.2) is 0 Å². The molecule has 7 nitrogen and oxygen atoms in total. The maximum Gasteiger partial charge on any atom is 0.328 e. The van der Waals surface area contributed by atoms with Crippen LogP contribution in [0.2, 0.25) is 0 Å². The second kappa shape index (κ2) is 7.64. The summed E-state index contributed by atoms with van der Waals surface area (Å²) in [5.41, 5.74) is 0. The molecule has 1 fully saturated rings. The van der Waals surface area contributed by atoms with Gasteiger partial charge in [-0.05, 0) is 6.42 Å². The van der Waals surface area contributed by atoms with E-state index >= 15 is 0 Å². The Labute approximate surface area is 118 Å². The van der Waals surface area contributed by atoms with Gasteiger partial charge in [-0.2, -0.15) is 0 Å². The zero-order valence-electron chi connectivity index (χ0n) is 11.9. The number of hydrogen-bond donors (Lipinski definition) is 1. The van der Waals surface area contributed by atoms with E-state index in [2.05, 4.69) is 0 Å². The third-order valence-electron chi connectivity index (χ3n) is 3.13. The van der Waals surface area contributed by atoms with Gasteiger partial charge in [-0.25, -0.2) is 4.79 Å². The van der Waals surface area contributed by atoms with E-state index < -0.39 is 5.97 Å². The Balaban J connectivity index is 2.49. The van der Waals surface area contributed by atoms with Crippen molar-refractivity contribution in [3.63, 3.8) is 0 Å². The van der Waals surface area contributed by atoms with Gasteiger partial charge < -0.3 is 14.9 Å². The molecule has 1 N–H and O–H groups in total. The van der Waals surface area contributed by atoms with Gasteiger partial charge in [-0.3, -0.25) is 14.5 Å². The summed E-state index contributed by atoms with van der Waals surface area (Å²) < 4.78 is 0. The fourth-order valence-electron chi connectivity index (χ4n) is 1.93. The van der Waals surface area contributed by atoms with Crippen LogP contribution in [0.15, 0.2) is 12.2 Å². The lowest BCUT2D eigenvalue weighted by atomic mass is 10.3. The van der Waals surface area contributed by atoms with E-state index in [0.29, 0.717) is 26.2 Å². The summed E-state index contributed by atoms with van der Waals surface area (Å²) in [6.45, 7) is 2.80. The molecule has 1 aliphatic rings. The number of aliphatic carboxylic acids is 1. The molecule has 0 unspecified atom stereocenters. The molecule has 0 aromatic rings. The first-order valence-corrected chi connectivity index (χ1v) is 6.52. The molecule has 2 amide bonds. The Morgan fingerprint density at radius 3 is 2.40 bits per heavy atom. The highest BCUT2D eigenvalue weighted by atomic mass is 16.4. The normalized spacial score (nSPS) is 17.0. The van der Waals surface area contributed by atoms with Gasteiger partial charge in [-0.15, -0.1) is 0 Å². The van der Waals surface area contributed by atoms with Gasteiger partial charge in [0.2, 0.25) is 11.8 Å². The molecular weight excluding hydrogens is 262 g/mol. The number of carboxylic acid groups (broad SMARTS) is 1. The number of carbonyl (C=O) groups is 3. The predicted molar refractivity (Wildman–Crippen MR) is 73.1 cm³/mol. The molecule has 0 bridgehead atoms. The minimum atomic E-state index is -1.13. The molecule has 20 heavy (non-hydrogen) atoms. The third kappa shape index (κ3) is 5.40. The monoisotopic (exact) mass is 283 g/mol. The molecule has 1 aliphatic heterocycles. The quantitative estimate of drug-likeness (QED) is 0.687. The van der Waals surface area contributed by atoms with Crippen molar-refractivity contribution in [2.75, 3.05) is 46.8 Å². The highest BCUT2D eigenvalue weighted by Crippen LogP contribution is 2.04. The number of carboxylic acids is 1. The molecule has 0 spiro atoms. The van der Waals surface area contributed by atoms with Crippen LogP contribution in [-0.4, -0.2) is 84.4 Å². The molecule has 0 radical (unpaired) electrons. The van der Waals surface area contributed by atoms with Crippen molar-refractivity contribution < 1.29 is 19.5 Å². The second-order valence-electron chi connectivity index (χ2n) is 4.91. The van der Waals surface area contributed by atoms with Gasteiger partial charge in [0.05, 0.1) is 6.54 Å². The molecule has 0 aromatic carbocycles. The first-order valence-electron chi connectivity index (χ1n) is 6.52. The molecule has 1 saturated heterocycles. The van der Waals surface area contributed by atoms with Crippen LogP contribution >= 0.6 is 0 Å². The topological polar surface area (TPSA) is 81.2 Å². The van der Waals surface area contributed by atoms with Crippen molar-refractivity contribution in [3.8, 4) is 0 Å². The minimum absolute atomic E-state index is 0.0375. The molecule has 112 valence electrons. The van der Waals surface area contributed by atoms with Gasteiger partial charge in [-0.1, -0.05) is 0 Å². The zero-order valence-corrected chi connectivity index (χ0v) is 11.9. The number of hydrogen-bond acceptors (Lipinski definition) is 4. The van der Waals surface area contributed by atoms with Crippen molar-refractivity contribution in [1.29, 1.82) is 0 Å². The zero-order chi connectivity index (χ0) is 15.1. The molecule has 1 heterocycles. The van der Waals surface area contributed by atoms with Gasteiger partial charge in [0, 0.05) is 52.4 Å². The first-order chi connectivity index (χ1) is 9.40. The Kier molecular flexibility index (Phi) is 6.17. The molecule has 0 aliphatic carbocycles. The van der Waals surface area contributed by atoms with Crippen molar-refractivity contribution in [3.05, 3.63) is 12.2 Å². The van der Waals surface area contributed by atoms with E-state index in [9.17, 15) is 14.4 Å². The van der Waals surface area contributed by atoms with Crippen LogP contribution in [0.3, 0.4) is 0 Å². The van der Waals surface area contributed by atoms with Crippen LogP contribution in [-0.2, 0) is 14.4 Å². The van der Waals surface area contributed by atoms with Crippen molar-refractivity contribution in [1.82, 2.24) is 14.7 Å². The lowest BCUT2D eigenvalue weighted by Crippen LogP contribution is -2.39. The summed E-state index contributed by atoms with van der Waals surface area (Å²) in [7, 11) is 3.43. The fraction of sp³-hybridized carbons (Fsp3) is 0.615. The van der Waals surface area contributed by atoms with Crippen LogP contribution < -0.4 is 0 Å². The van der Waals surface area contributed by atoms with Crippen LogP contribution in [0.25, 0.3) is 0 Å². The SMILES string of the molecule is CN(C)C(=O)CN1CCCN(C(=O)/C=C/C(=O)O)CC1. The minimum Gasteiger partial charge on any atom is -0.478 e. The largest absolute Gasteiger partial charge is 0.478 e. The molecular formula is C13H21N3O4. The standard InChI is InChI=1S/C13H21N3O4/c1-14(2)12(18)10-15-6-3-7-16(9-8-15)11(17)4-5-13(19)20/h4-5H,3,6-10H2,1-2H3,(H,19,20)/b5-4+. The summed E-state index contributed by atoms with van der Waals surface area (Å²) >= 11 is 0. The summed E-state index contributed by atoms with van der Waals surface area (Å²) in [4.78, 5) is 39.0. The number of amides is 2. The number of rotatable bonds is 4. The van der Waals surface area contributed by atoms with Gasteiger partial charge in [0.1, 0.15) is 0 Å². The molecule has 7 heteroatoms.